The largest absolute Gasteiger partial charge is 0.347 e. The lowest BCUT2D eigenvalue weighted by Crippen LogP contribution is -2.25. The Labute approximate surface area is 171 Å². The molecule has 29 heavy (non-hydrogen) atoms. The fourth-order valence-electron chi connectivity index (χ4n) is 2.89. The number of nitrogens with zero attached hydrogens (tertiary/aromatic N) is 3. The minimum atomic E-state index is -0.338. The molecule has 0 saturated heterocycles. The van der Waals surface area contributed by atoms with Crippen molar-refractivity contribution in [2.45, 2.75) is 6.54 Å². The fourth-order valence-corrected chi connectivity index (χ4v) is 3.10. The van der Waals surface area contributed by atoms with E-state index in [0.29, 0.717) is 34.2 Å². The zero-order chi connectivity index (χ0) is 20.2. The van der Waals surface area contributed by atoms with Crippen LogP contribution in [0.3, 0.4) is 0 Å². The van der Waals surface area contributed by atoms with Gasteiger partial charge in [-0.05, 0) is 60.2 Å². The Morgan fingerprint density at radius 3 is 2.48 bits per heavy atom. The summed E-state index contributed by atoms with van der Waals surface area (Å²) in [6.45, 7) is 0.348. The molecular formula is C22H16ClFN4O. The zero-order valence-electron chi connectivity index (χ0n) is 15.2. The molecule has 4 rings (SSSR count). The van der Waals surface area contributed by atoms with E-state index in [4.69, 9.17) is 11.6 Å². The first-order valence-electron chi connectivity index (χ1n) is 8.90. The average molecular weight is 407 g/mol. The molecule has 2 aromatic carbocycles. The molecule has 0 atom stereocenters. The molecule has 2 heterocycles. The number of carbonyl (C=O) groups is 1. The van der Waals surface area contributed by atoms with Gasteiger partial charge >= 0.3 is 0 Å². The number of benzene rings is 2. The lowest BCUT2D eigenvalue weighted by molar-refractivity contribution is 0.0943. The molecule has 1 N–H and O–H groups in total. The van der Waals surface area contributed by atoms with Gasteiger partial charge in [-0.3, -0.25) is 9.78 Å². The lowest BCUT2D eigenvalue weighted by Gasteiger charge is -2.09. The number of hydrogen-bond acceptors (Lipinski definition) is 3. The highest BCUT2D eigenvalue weighted by atomic mass is 35.5. The van der Waals surface area contributed by atoms with Gasteiger partial charge in [-0.2, -0.15) is 5.10 Å². The summed E-state index contributed by atoms with van der Waals surface area (Å²) in [4.78, 5) is 16.9. The van der Waals surface area contributed by atoms with Crippen LogP contribution in [0, 0.1) is 5.82 Å². The monoisotopic (exact) mass is 406 g/mol. The summed E-state index contributed by atoms with van der Waals surface area (Å²) < 4.78 is 14.8. The number of pyridine rings is 1. The van der Waals surface area contributed by atoms with Crippen LogP contribution in [0.2, 0.25) is 5.02 Å². The van der Waals surface area contributed by atoms with Crippen LogP contribution in [0.5, 0.6) is 0 Å². The van der Waals surface area contributed by atoms with Crippen molar-refractivity contribution in [2.24, 2.45) is 0 Å². The van der Waals surface area contributed by atoms with E-state index in [9.17, 15) is 9.18 Å². The summed E-state index contributed by atoms with van der Waals surface area (Å²) in [5.41, 5.74) is 3.07. The van der Waals surface area contributed by atoms with Gasteiger partial charge in [0.15, 0.2) is 0 Å². The molecule has 0 aliphatic heterocycles. The lowest BCUT2D eigenvalue weighted by atomic mass is 10.1. The number of hydrogen-bond donors (Lipinski definition) is 1. The minimum absolute atomic E-state index is 0.303. The van der Waals surface area contributed by atoms with E-state index in [2.05, 4.69) is 15.4 Å². The topological polar surface area (TPSA) is 59.8 Å². The van der Waals surface area contributed by atoms with Crippen molar-refractivity contribution in [3.05, 3.63) is 101 Å². The summed E-state index contributed by atoms with van der Waals surface area (Å²) in [7, 11) is 0. The molecule has 0 radical (unpaired) electrons. The maximum atomic E-state index is 13.3. The summed E-state index contributed by atoms with van der Waals surface area (Å²) in [6, 6.07) is 18.4. The van der Waals surface area contributed by atoms with E-state index in [1.165, 1.54) is 16.8 Å². The Bertz CT molecular complexity index is 1140. The van der Waals surface area contributed by atoms with Crippen LogP contribution in [0.25, 0.3) is 16.9 Å². The second-order valence-electron chi connectivity index (χ2n) is 6.32. The Morgan fingerprint density at radius 2 is 1.76 bits per heavy atom. The summed E-state index contributed by atoms with van der Waals surface area (Å²) in [5, 5.41) is 7.91. The number of para-hydroxylation sites is 1. The molecule has 5 nitrogen and oxygen atoms in total. The zero-order valence-corrected chi connectivity index (χ0v) is 16.0. The molecule has 0 aliphatic carbocycles. The summed E-state index contributed by atoms with van der Waals surface area (Å²) >= 11 is 6.34. The average Bonchev–Trinajstić information content (AvgIpc) is 3.19. The predicted octanol–water partition coefficient (Wildman–Crippen LogP) is 4.66. The Balaban J connectivity index is 1.71. The normalized spacial score (nSPS) is 10.7. The Hall–Kier alpha value is -3.51. The minimum Gasteiger partial charge on any atom is -0.347 e. The maximum absolute atomic E-state index is 13.3. The standard InChI is InChI=1S/C22H16ClFN4O/c23-18-3-1-2-4-20(18)28-21(22(29)26-14-15-9-11-25-12-10-15)13-19(27-28)16-5-7-17(24)8-6-16/h1-13H,14H2,(H,26,29). The van der Waals surface area contributed by atoms with Gasteiger partial charge in [-0.15, -0.1) is 0 Å². The SMILES string of the molecule is O=C(NCc1ccncc1)c1cc(-c2ccc(F)cc2)nn1-c1ccccc1Cl. The quantitative estimate of drug-likeness (QED) is 0.524. The third-order valence-electron chi connectivity index (χ3n) is 4.37. The van der Waals surface area contributed by atoms with Gasteiger partial charge in [0.05, 0.1) is 16.4 Å². The first kappa shape index (κ1) is 18.8. The van der Waals surface area contributed by atoms with Gasteiger partial charge in [0.2, 0.25) is 0 Å². The first-order valence-corrected chi connectivity index (χ1v) is 9.27. The summed E-state index contributed by atoms with van der Waals surface area (Å²) in [6.07, 6.45) is 3.34. The van der Waals surface area contributed by atoms with Crippen LogP contribution in [0.15, 0.2) is 79.1 Å². The fraction of sp³-hybridized carbons (Fsp3) is 0.0455. The molecular weight excluding hydrogens is 391 g/mol. The second-order valence-corrected chi connectivity index (χ2v) is 6.73. The van der Waals surface area contributed by atoms with Crippen molar-refractivity contribution in [1.82, 2.24) is 20.1 Å². The highest BCUT2D eigenvalue weighted by Gasteiger charge is 2.19. The van der Waals surface area contributed by atoms with Crippen LogP contribution >= 0.6 is 11.6 Å². The number of aromatic nitrogens is 3. The molecule has 0 saturated carbocycles. The summed E-state index contributed by atoms with van der Waals surface area (Å²) in [5.74, 6) is -0.641. The third kappa shape index (κ3) is 4.17. The van der Waals surface area contributed by atoms with E-state index >= 15 is 0 Å². The van der Waals surface area contributed by atoms with Gasteiger partial charge in [-0.25, -0.2) is 9.07 Å². The van der Waals surface area contributed by atoms with Crippen molar-refractivity contribution in [3.63, 3.8) is 0 Å². The molecule has 0 spiro atoms. The van der Waals surface area contributed by atoms with Crippen molar-refractivity contribution in [2.75, 3.05) is 0 Å². The number of rotatable bonds is 5. The molecule has 0 fully saturated rings. The van der Waals surface area contributed by atoms with Crippen molar-refractivity contribution >= 4 is 17.5 Å². The number of amides is 1. The maximum Gasteiger partial charge on any atom is 0.270 e. The molecule has 7 heteroatoms. The van der Waals surface area contributed by atoms with Gasteiger partial charge < -0.3 is 5.32 Å². The molecule has 1 amide bonds. The van der Waals surface area contributed by atoms with E-state index in [1.54, 1.807) is 48.8 Å². The highest BCUT2D eigenvalue weighted by molar-refractivity contribution is 6.32. The second kappa shape index (κ2) is 8.24. The molecule has 0 bridgehead atoms. The molecule has 0 unspecified atom stereocenters. The van der Waals surface area contributed by atoms with E-state index in [-0.39, 0.29) is 11.7 Å². The Kier molecular flexibility index (Phi) is 5.35. The number of nitrogens with one attached hydrogen (secondary N) is 1. The molecule has 144 valence electrons. The van der Waals surface area contributed by atoms with E-state index < -0.39 is 0 Å². The number of carbonyl (C=O) groups excluding carboxylic acids is 1. The molecule has 0 aliphatic rings. The van der Waals surface area contributed by atoms with Crippen molar-refractivity contribution in [3.8, 4) is 16.9 Å². The van der Waals surface area contributed by atoms with E-state index in [0.717, 1.165) is 5.56 Å². The smallest absolute Gasteiger partial charge is 0.270 e. The highest BCUT2D eigenvalue weighted by Crippen LogP contribution is 2.26. The van der Waals surface area contributed by atoms with Crippen molar-refractivity contribution in [1.29, 1.82) is 0 Å². The van der Waals surface area contributed by atoms with Gasteiger partial charge in [-0.1, -0.05) is 23.7 Å². The molecule has 2 aromatic heterocycles. The van der Waals surface area contributed by atoms with Crippen molar-refractivity contribution < 1.29 is 9.18 Å². The third-order valence-corrected chi connectivity index (χ3v) is 4.68. The van der Waals surface area contributed by atoms with Crippen LogP contribution in [0.1, 0.15) is 16.1 Å². The predicted molar refractivity (Wildman–Crippen MR) is 109 cm³/mol. The van der Waals surface area contributed by atoms with Crippen LogP contribution in [-0.4, -0.2) is 20.7 Å². The van der Waals surface area contributed by atoms with E-state index in [1.807, 2.05) is 18.2 Å². The van der Waals surface area contributed by atoms with Gasteiger partial charge in [0.25, 0.3) is 5.91 Å². The first-order chi connectivity index (χ1) is 14.1. The van der Waals surface area contributed by atoms with Crippen LogP contribution < -0.4 is 5.32 Å². The van der Waals surface area contributed by atoms with Gasteiger partial charge in [0, 0.05) is 24.5 Å². The van der Waals surface area contributed by atoms with Crippen LogP contribution in [-0.2, 0) is 6.54 Å². The number of halogens is 2. The molecule has 4 aromatic rings. The van der Waals surface area contributed by atoms with Gasteiger partial charge in [0.1, 0.15) is 11.5 Å². The Morgan fingerprint density at radius 1 is 1.03 bits per heavy atom. The van der Waals surface area contributed by atoms with Crippen LogP contribution in [0.4, 0.5) is 4.39 Å².